The molecule has 1 aliphatic heterocycles. The van der Waals surface area contributed by atoms with Crippen molar-refractivity contribution < 1.29 is 19.4 Å². The molecule has 2 fully saturated rings. The number of rotatable bonds is 6. The van der Waals surface area contributed by atoms with E-state index in [9.17, 15) is 9.90 Å². The number of aliphatic hydroxyl groups is 1. The van der Waals surface area contributed by atoms with Crippen molar-refractivity contribution in [1.29, 1.82) is 0 Å². The first-order chi connectivity index (χ1) is 14.7. The largest absolute Gasteiger partial charge is 0.449 e. The van der Waals surface area contributed by atoms with E-state index in [2.05, 4.69) is 29.6 Å². The first kappa shape index (κ1) is 19.6. The molecule has 5 rings (SSSR count). The van der Waals surface area contributed by atoms with Gasteiger partial charge >= 0.3 is 6.09 Å². The summed E-state index contributed by atoms with van der Waals surface area (Å²) in [7, 11) is 0. The summed E-state index contributed by atoms with van der Waals surface area (Å²) in [6, 6.07) is 16.6. The smallest absolute Gasteiger partial charge is 0.407 e. The molecule has 158 valence electrons. The van der Waals surface area contributed by atoms with Gasteiger partial charge in [-0.15, -0.1) is 0 Å². The van der Waals surface area contributed by atoms with Crippen LogP contribution in [0.5, 0.6) is 0 Å². The second kappa shape index (κ2) is 8.05. The Bertz CT molecular complexity index is 871. The van der Waals surface area contributed by atoms with Gasteiger partial charge in [-0.25, -0.2) is 4.79 Å². The van der Waals surface area contributed by atoms with Gasteiger partial charge in [-0.3, -0.25) is 0 Å². The quantitative estimate of drug-likeness (QED) is 0.757. The van der Waals surface area contributed by atoms with Crippen molar-refractivity contribution in [2.75, 3.05) is 26.4 Å². The van der Waals surface area contributed by atoms with E-state index in [-0.39, 0.29) is 30.1 Å². The zero-order valence-electron chi connectivity index (χ0n) is 17.2. The highest BCUT2D eigenvalue weighted by atomic mass is 16.5. The first-order valence-electron chi connectivity index (χ1n) is 11.0. The number of fused-ring (bicyclic) bond motifs is 3. The number of carbonyl (C=O) groups is 1. The Kier molecular flexibility index (Phi) is 5.25. The van der Waals surface area contributed by atoms with Crippen LogP contribution in [-0.2, 0) is 9.47 Å². The fourth-order valence-corrected chi connectivity index (χ4v) is 5.31. The van der Waals surface area contributed by atoms with E-state index >= 15 is 0 Å². The summed E-state index contributed by atoms with van der Waals surface area (Å²) in [4.78, 5) is 12.8. The van der Waals surface area contributed by atoms with Crippen LogP contribution in [0.1, 0.15) is 42.7 Å². The molecular formula is C25H29NO4. The van der Waals surface area contributed by atoms with Crippen LogP contribution < -0.4 is 5.32 Å². The molecule has 0 spiro atoms. The van der Waals surface area contributed by atoms with Crippen molar-refractivity contribution in [1.82, 2.24) is 5.32 Å². The molecule has 2 aromatic carbocycles. The van der Waals surface area contributed by atoms with E-state index in [0.717, 1.165) is 25.7 Å². The maximum Gasteiger partial charge on any atom is 0.407 e. The second-order valence-corrected chi connectivity index (χ2v) is 8.92. The highest BCUT2D eigenvalue weighted by molar-refractivity contribution is 5.79. The lowest BCUT2D eigenvalue weighted by Gasteiger charge is -2.42. The number of carbonyl (C=O) groups excluding carboxylic acids is 1. The van der Waals surface area contributed by atoms with Gasteiger partial charge in [-0.2, -0.15) is 0 Å². The molecule has 5 nitrogen and oxygen atoms in total. The Morgan fingerprint density at radius 2 is 1.67 bits per heavy atom. The van der Waals surface area contributed by atoms with Gasteiger partial charge in [-0.1, -0.05) is 48.5 Å². The summed E-state index contributed by atoms with van der Waals surface area (Å²) >= 11 is 0. The number of amides is 1. The van der Waals surface area contributed by atoms with Crippen LogP contribution in [0.2, 0.25) is 0 Å². The fourth-order valence-electron chi connectivity index (χ4n) is 5.31. The third-order valence-corrected chi connectivity index (χ3v) is 7.17. The standard InChI is InChI=1S/C25H29NO4/c27-16-25(11-13-29-14-12-25)23(17-9-10-17)26-24(28)30-15-22-20-7-3-1-5-18(20)19-6-2-4-8-21(19)22/h1-8,17,22-23,27H,9-16H2,(H,26,28). The minimum Gasteiger partial charge on any atom is -0.449 e. The SMILES string of the molecule is O=C(NC(C1CC1)C1(CO)CCOCC1)OCC1c2ccccc2-c2ccccc21. The van der Waals surface area contributed by atoms with Crippen molar-refractivity contribution in [3.8, 4) is 11.1 Å². The molecule has 2 aromatic rings. The lowest BCUT2D eigenvalue weighted by Crippen LogP contribution is -2.53. The molecule has 3 aliphatic rings. The molecule has 1 unspecified atom stereocenters. The van der Waals surface area contributed by atoms with Crippen LogP contribution >= 0.6 is 0 Å². The monoisotopic (exact) mass is 407 g/mol. The molecule has 0 bridgehead atoms. The first-order valence-corrected chi connectivity index (χ1v) is 11.0. The molecule has 0 radical (unpaired) electrons. The summed E-state index contributed by atoms with van der Waals surface area (Å²) in [6.45, 7) is 1.65. The summed E-state index contributed by atoms with van der Waals surface area (Å²) in [5, 5.41) is 13.3. The molecule has 0 aromatic heterocycles. The molecular weight excluding hydrogens is 378 g/mol. The number of ether oxygens (including phenoxy) is 2. The predicted molar refractivity (Wildman–Crippen MR) is 114 cm³/mol. The molecule has 1 saturated carbocycles. The van der Waals surface area contributed by atoms with Crippen LogP contribution in [0.4, 0.5) is 4.79 Å². The highest BCUT2D eigenvalue weighted by Crippen LogP contribution is 2.46. The molecule has 2 aliphatic carbocycles. The Labute approximate surface area is 177 Å². The molecule has 5 heteroatoms. The lowest BCUT2D eigenvalue weighted by molar-refractivity contribution is -0.0414. The van der Waals surface area contributed by atoms with Gasteiger partial charge in [0, 0.05) is 30.6 Å². The summed E-state index contributed by atoms with van der Waals surface area (Å²) in [5.41, 5.74) is 4.56. The van der Waals surface area contributed by atoms with Gasteiger partial charge in [0.1, 0.15) is 6.61 Å². The minimum atomic E-state index is -0.381. The van der Waals surface area contributed by atoms with Crippen LogP contribution in [0.15, 0.2) is 48.5 Å². The average Bonchev–Trinajstić information content (AvgIpc) is 3.59. The van der Waals surface area contributed by atoms with Gasteiger partial charge in [0.05, 0.1) is 6.61 Å². The molecule has 2 N–H and O–H groups in total. The Morgan fingerprint density at radius 1 is 1.07 bits per heavy atom. The Balaban J connectivity index is 1.29. The molecule has 1 saturated heterocycles. The van der Waals surface area contributed by atoms with Gasteiger partial charge in [0.25, 0.3) is 0 Å². The summed E-state index contributed by atoms with van der Waals surface area (Å²) < 4.78 is 11.3. The van der Waals surface area contributed by atoms with E-state index in [4.69, 9.17) is 9.47 Å². The fraction of sp³-hybridized carbons (Fsp3) is 0.480. The third kappa shape index (κ3) is 3.50. The zero-order chi connectivity index (χ0) is 20.6. The van der Waals surface area contributed by atoms with Crippen molar-refractivity contribution in [2.45, 2.75) is 37.6 Å². The number of aliphatic hydroxyl groups excluding tert-OH is 1. The highest BCUT2D eigenvalue weighted by Gasteiger charge is 2.48. The van der Waals surface area contributed by atoms with Crippen molar-refractivity contribution in [3.05, 3.63) is 59.7 Å². The maximum atomic E-state index is 12.8. The third-order valence-electron chi connectivity index (χ3n) is 7.17. The van der Waals surface area contributed by atoms with Crippen LogP contribution in [0.3, 0.4) is 0 Å². The van der Waals surface area contributed by atoms with Gasteiger partial charge in [-0.05, 0) is 53.9 Å². The van der Waals surface area contributed by atoms with Crippen molar-refractivity contribution in [3.63, 3.8) is 0 Å². The van der Waals surface area contributed by atoms with E-state index in [0.29, 0.717) is 25.7 Å². The van der Waals surface area contributed by atoms with Crippen molar-refractivity contribution in [2.24, 2.45) is 11.3 Å². The Hall–Kier alpha value is -2.37. The second-order valence-electron chi connectivity index (χ2n) is 8.92. The predicted octanol–water partition coefficient (Wildman–Crippen LogP) is 4.09. The number of benzene rings is 2. The van der Waals surface area contributed by atoms with E-state index < -0.39 is 0 Å². The normalized spacial score (nSPS) is 20.8. The summed E-state index contributed by atoms with van der Waals surface area (Å²) in [6.07, 6.45) is 3.35. The minimum absolute atomic E-state index is 0.0532. The van der Waals surface area contributed by atoms with Crippen LogP contribution in [-0.4, -0.2) is 43.7 Å². The van der Waals surface area contributed by atoms with E-state index in [1.807, 2.05) is 24.3 Å². The Morgan fingerprint density at radius 3 is 2.23 bits per heavy atom. The topological polar surface area (TPSA) is 67.8 Å². The number of nitrogens with one attached hydrogen (secondary N) is 1. The molecule has 1 heterocycles. The lowest BCUT2D eigenvalue weighted by atomic mass is 9.72. The molecule has 1 amide bonds. The molecule has 30 heavy (non-hydrogen) atoms. The van der Waals surface area contributed by atoms with Crippen LogP contribution in [0, 0.1) is 11.3 Å². The maximum absolute atomic E-state index is 12.8. The van der Waals surface area contributed by atoms with Gasteiger partial charge in [0.2, 0.25) is 0 Å². The number of hydrogen-bond acceptors (Lipinski definition) is 4. The van der Waals surface area contributed by atoms with E-state index in [1.165, 1.54) is 22.3 Å². The van der Waals surface area contributed by atoms with Crippen LogP contribution in [0.25, 0.3) is 11.1 Å². The molecule has 1 atom stereocenters. The number of alkyl carbamates (subject to hydrolysis) is 1. The average molecular weight is 408 g/mol. The van der Waals surface area contributed by atoms with Gasteiger partial charge < -0.3 is 19.9 Å². The van der Waals surface area contributed by atoms with Crippen molar-refractivity contribution >= 4 is 6.09 Å². The summed E-state index contributed by atoms with van der Waals surface area (Å²) in [5.74, 6) is 0.480. The zero-order valence-corrected chi connectivity index (χ0v) is 17.2. The van der Waals surface area contributed by atoms with E-state index in [1.54, 1.807) is 0 Å². The van der Waals surface area contributed by atoms with Gasteiger partial charge in [0.15, 0.2) is 0 Å². The number of hydrogen-bond donors (Lipinski definition) is 2.